The Labute approximate surface area is 186 Å². The Balaban J connectivity index is 1.45. The summed E-state index contributed by atoms with van der Waals surface area (Å²) in [5, 5.41) is 11.6. The highest BCUT2D eigenvalue weighted by Gasteiger charge is 2.29. The van der Waals surface area contributed by atoms with Crippen molar-refractivity contribution in [3.05, 3.63) is 77.5 Å². The van der Waals surface area contributed by atoms with Crippen LogP contribution in [0.15, 0.2) is 60.8 Å². The Kier molecular flexibility index (Phi) is 6.35. The van der Waals surface area contributed by atoms with Gasteiger partial charge in [-0.25, -0.2) is 9.78 Å². The lowest BCUT2D eigenvalue weighted by Gasteiger charge is -2.15. The highest BCUT2D eigenvalue weighted by Crippen LogP contribution is 2.44. The number of nitrogens with zero attached hydrogens (tertiary/aromatic N) is 1. The van der Waals surface area contributed by atoms with E-state index in [1.54, 1.807) is 6.07 Å². The van der Waals surface area contributed by atoms with Gasteiger partial charge in [-0.15, -0.1) is 0 Å². The van der Waals surface area contributed by atoms with Crippen LogP contribution in [-0.4, -0.2) is 35.9 Å². The number of carboxylic acids is 1. The molecule has 0 radical (unpaired) electrons. The van der Waals surface area contributed by atoms with Crippen LogP contribution in [0.1, 0.15) is 35.4 Å². The minimum Gasteiger partial charge on any atom is -0.495 e. The third-order valence-corrected chi connectivity index (χ3v) is 5.58. The number of carbonyl (C=O) groups excluding carboxylic acids is 1. The zero-order valence-electron chi connectivity index (χ0n) is 17.7. The lowest BCUT2D eigenvalue weighted by molar-refractivity contribution is -0.137. The van der Waals surface area contributed by atoms with Crippen molar-refractivity contribution < 1.29 is 24.2 Å². The summed E-state index contributed by atoms with van der Waals surface area (Å²) < 4.78 is 10.8. The lowest BCUT2D eigenvalue weighted by Crippen LogP contribution is -2.19. The maximum atomic E-state index is 12.6. The smallest absolute Gasteiger partial charge is 0.412 e. The van der Waals surface area contributed by atoms with E-state index >= 15 is 0 Å². The Morgan fingerprint density at radius 1 is 1.06 bits per heavy atom. The number of aryl methyl sites for hydroxylation is 1. The molecule has 0 atom stereocenters. The van der Waals surface area contributed by atoms with Crippen LogP contribution >= 0.6 is 0 Å². The first-order valence-corrected chi connectivity index (χ1v) is 10.4. The zero-order valence-corrected chi connectivity index (χ0v) is 17.7. The average molecular weight is 432 g/mol. The number of aliphatic carboxylic acids is 1. The molecule has 0 bridgehead atoms. The molecule has 0 aliphatic heterocycles. The number of pyridine rings is 1. The molecule has 2 aromatic carbocycles. The average Bonchev–Trinajstić information content (AvgIpc) is 3.12. The molecule has 1 aliphatic rings. The molecule has 1 aromatic heterocycles. The van der Waals surface area contributed by atoms with Crippen molar-refractivity contribution in [3.63, 3.8) is 0 Å². The van der Waals surface area contributed by atoms with Gasteiger partial charge in [0.2, 0.25) is 0 Å². The number of benzene rings is 2. The molecule has 1 amide bonds. The molecule has 164 valence electrons. The number of methoxy groups -OCH3 is 1. The first kappa shape index (κ1) is 21.4. The number of ether oxygens (including phenoxy) is 2. The van der Waals surface area contributed by atoms with Gasteiger partial charge in [0.05, 0.1) is 13.3 Å². The van der Waals surface area contributed by atoms with Gasteiger partial charge in [0.15, 0.2) is 0 Å². The largest absolute Gasteiger partial charge is 0.495 e. The second kappa shape index (κ2) is 9.51. The summed E-state index contributed by atoms with van der Waals surface area (Å²) >= 11 is 0. The molecule has 32 heavy (non-hydrogen) atoms. The van der Waals surface area contributed by atoms with Gasteiger partial charge in [-0.2, -0.15) is 0 Å². The molecule has 7 heteroatoms. The molecule has 1 aliphatic carbocycles. The van der Waals surface area contributed by atoms with Crippen LogP contribution in [0.5, 0.6) is 5.75 Å². The van der Waals surface area contributed by atoms with E-state index in [1.807, 2.05) is 24.3 Å². The van der Waals surface area contributed by atoms with Gasteiger partial charge in [0, 0.05) is 12.3 Å². The van der Waals surface area contributed by atoms with Crippen LogP contribution in [0.3, 0.4) is 0 Å². The number of nitrogens with one attached hydrogen (secondary N) is 1. The fraction of sp³-hybridized carbons (Fsp3) is 0.240. The molecular formula is C25H24N2O5. The maximum Gasteiger partial charge on any atom is 0.412 e. The zero-order chi connectivity index (χ0) is 22.5. The van der Waals surface area contributed by atoms with Crippen LogP contribution < -0.4 is 10.1 Å². The van der Waals surface area contributed by atoms with Gasteiger partial charge < -0.3 is 14.6 Å². The van der Waals surface area contributed by atoms with Crippen molar-refractivity contribution >= 4 is 17.9 Å². The molecule has 1 heterocycles. The van der Waals surface area contributed by atoms with Crippen molar-refractivity contribution in [1.82, 2.24) is 4.98 Å². The number of carboxylic acid groups (broad SMARTS) is 1. The van der Waals surface area contributed by atoms with Crippen molar-refractivity contribution in [2.45, 2.75) is 25.2 Å². The van der Waals surface area contributed by atoms with E-state index in [1.165, 1.54) is 13.3 Å². The second-order valence-corrected chi connectivity index (χ2v) is 7.58. The number of hydrogen-bond acceptors (Lipinski definition) is 5. The van der Waals surface area contributed by atoms with Crippen LogP contribution in [0.4, 0.5) is 10.6 Å². The quantitative estimate of drug-likeness (QED) is 0.528. The SMILES string of the molecule is COc1cnc(NC(=O)OCC2c3ccccc3-c3ccccc32)c(CCCC(=O)O)c1. The summed E-state index contributed by atoms with van der Waals surface area (Å²) in [6.45, 7) is 0.199. The Hall–Kier alpha value is -3.87. The molecule has 0 fully saturated rings. The molecule has 2 N–H and O–H groups in total. The summed E-state index contributed by atoms with van der Waals surface area (Å²) in [4.78, 5) is 27.7. The fourth-order valence-electron chi connectivity index (χ4n) is 4.06. The third kappa shape index (κ3) is 4.56. The van der Waals surface area contributed by atoms with E-state index < -0.39 is 12.1 Å². The Morgan fingerprint density at radius 3 is 2.34 bits per heavy atom. The molecule has 0 spiro atoms. The Morgan fingerprint density at radius 2 is 1.72 bits per heavy atom. The highest BCUT2D eigenvalue weighted by atomic mass is 16.5. The number of amides is 1. The van der Waals surface area contributed by atoms with Crippen LogP contribution in [0.2, 0.25) is 0 Å². The fourth-order valence-corrected chi connectivity index (χ4v) is 4.06. The highest BCUT2D eigenvalue weighted by molar-refractivity contribution is 5.85. The standard InChI is InChI=1S/C25H24N2O5/c1-31-17-13-16(7-6-12-23(28)29)24(26-14-17)27-25(30)32-15-22-20-10-4-2-8-18(20)19-9-3-5-11-21(19)22/h2-5,8-11,13-14,22H,6-7,12,15H2,1H3,(H,28,29)(H,26,27,30). The van der Waals surface area contributed by atoms with Gasteiger partial charge in [0.1, 0.15) is 18.2 Å². The van der Waals surface area contributed by atoms with E-state index in [4.69, 9.17) is 14.6 Å². The van der Waals surface area contributed by atoms with Crippen molar-refractivity contribution in [3.8, 4) is 16.9 Å². The van der Waals surface area contributed by atoms with Gasteiger partial charge in [-0.1, -0.05) is 48.5 Å². The van der Waals surface area contributed by atoms with E-state index in [9.17, 15) is 9.59 Å². The topological polar surface area (TPSA) is 97.8 Å². The third-order valence-electron chi connectivity index (χ3n) is 5.58. The molecule has 3 aromatic rings. The molecular weight excluding hydrogens is 408 g/mol. The number of anilines is 1. The summed E-state index contributed by atoms with van der Waals surface area (Å²) in [5.41, 5.74) is 5.29. The van der Waals surface area contributed by atoms with E-state index in [0.29, 0.717) is 30.0 Å². The summed E-state index contributed by atoms with van der Waals surface area (Å²) in [6.07, 6.45) is 1.78. The van der Waals surface area contributed by atoms with Crippen LogP contribution in [0.25, 0.3) is 11.1 Å². The summed E-state index contributed by atoms with van der Waals surface area (Å²) in [5.74, 6) is -0.0271. The van der Waals surface area contributed by atoms with Crippen molar-refractivity contribution in [1.29, 1.82) is 0 Å². The second-order valence-electron chi connectivity index (χ2n) is 7.58. The van der Waals surface area contributed by atoms with Gasteiger partial charge >= 0.3 is 12.1 Å². The molecule has 0 unspecified atom stereocenters. The van der Waals surface area contributed by atoms with E-state index in [-0.39, 0.29) is 18.9 Å². The van der Waals surface area contributed by atoms with Gasteiger partial charge in [-0.05, 0) is 46.7 Å². The Bertz CT molecular complexity index is 1100. The summed E-state index contributed by atoms with van der Waals surface area (Å²) in [6, 6.07) is 18.0. The number of aromatic nitrogens is 1. The predicted molar refractivity (Wildman–Crippen MR) is 120 cm³/mol. The van der Waals surface area contributed by atoms with Crippen molar-refractivity contribution in [2.75, 3.05) is 19.0 Å². The number of carbonyl (C=O) groups is 2. The summed E-state index contributed by atoms with van der Waals surface area (Å²) in [7, 11) is 1.52. The van der Waals surface area contributed by atoms with Crippen molar-refractivity contribution in [2.24, 2.45) is 0 Å². The molecule has 7 nitrogen and oxygen atoms in total. The molecule has 4 rings (SSSR count). The first-order chi connectivity index (χ1) is 15.6. The van der Waals surface area contributed by atoms with E-state index in [2.05, 4.69) is 34.6 Å². The minimum atomic E-state index is -0.869. The lowest BCUT2D eigenvalue weighted by atomic mass is 9.98. The number of hydrogen-bond donors (Lipinski definition) is 2. The van der Waals surface area contributed by atoms with Gasteiger partial charge in [-0.3, -0.25) is 10.1 Å². The number of rotatable bonds is 8. The number of fused-ring (bicyclic) bond motifs is 3. The first-order valence-electron chi connectivity index (χ1n) is 10.4. The minimum absolute atomic E-state index is 0.0294. The van der Waals surface area contributed by atoms with Gasteiger partial charge in [0.25, 0.3) is 0 Å². The molecule has 0 saturated heterocycles. The van der Waals surface area contributed by atoms with Crippen LogP contribution in [0, 0.1) is 0 Å². The van der Waals surface area contributed by atoms with E-state index in [0.717, 1.165) is 22.3 Å². The monoisotopic (exact) mass is 432 g/mol. The van der Waals surface area contributed by atoms with Crippen LogP contribution in [-0.2, 0) is 16.0 Å². The maximum absolute atomic E-state index is 12.6. The predicted octanol–water partition coefficient (Wildman–Crippen LogP) is 4.86. The molecule has 0 saturated carbocycles. The normalized spacial score (nSPS) is 12.0.